The van der Waals surface area contributed by atoms with Crippen LogP contribution in [0.15, 0.2) is 65.8 Å². The summed E-state index contributed by atoms with van der Waals surface area (Å²) < 4.78 is 29.9. The monoisotopic (exact) mass is 455 g/mol. The highest BCUT2D eigenvalue weighted by molar-refractivity contribution is 5.71. The lowest BCUT2D eigenvalue weighted by Crippen LogP contribution is -2.63. The molecule has 0 bridgehead atoms. The standard InChI is InChI=1S/C23H25N3O7/c1-14(21(27)28)31-20-18(25-26-24)23(29-12-15-8-4-2-5-9-15)32-17-13-30-22(33-19(17)20)16-10-6-3-7-11-16/h2-11,14,17-20,22-23H,12-13H2,1H3,(H,27,28)/t14?,17-,18-,19-,20-,22-,23+/m1/s1. The van der Waals surface area contributed by atoms with Gasteiger partial charge in [0.25, 0.3) is 0 Å². The highest BCUT2D eigenvalue weighted by Gasteiger charge is 2.51. The molecule has 33 heavy (non-hydrogen) atoms. The second-order valence-corrected chi connectivity index (χ2v) is 7.79. The van der Waals surface area contributed by atoms with Crippen molar-refractivity contribution < 1.29 is 33.6 Å². The Bertz CT molecular complexity index is 971. The third-order valence-corrected chi connectivity index (χ3v) is 5.53. The number of benzene rings is 2. The Morgan fingerprint density at radius 1 is 1.18 bits per heavy atom. The zero-order valence-corrected chi connectivity index (χ0v) is 18.0. The molecule has 0 radical (unpaired) electrons. The van der Waals surface area contributed by atoms with Crippen LogP contribution in [0.2, 0.25) is 0 Å². The van der Waals surface area contributed by atoms with E-state index >= 15 is 0 Å². The minimum Gasteiger partial charge on any atom is -0.479 e. The maximum absolute atomic E-state index is 11.5. The van der Waals surface area contributed by atoms with Crippen LogP contribution in [0.5, 0.6) is 0 Å². The Kier molecular flexibility index (Phi) is 7.56. The number of aliphatic carboxylic acids is 1. The summed E-state index contributed by atoms with van der Waals surface area (Å²) in [5.74, 6) is -1.15. The van der Waals surface area contributed by atoms with E-state index in [1.54, 1.807) is 0 Å². The fraction of sp³-hybridized carbons (Fsp3) is 0.435. The number of nitrogens with zero attached hydrogens (tertiary/aromatic N) is 3. The highest BCUT2D eigenvalue weighted by atomic mass is 16.8. The third-order valence-electron chi connectivity index (χ3n) is 5.53. The van der Waals surface area contributed by atoms with Gasteiger partial charge in [0.15, 0.2) is 18.7 Å². The van der Waals surface area contributed by atoms with Crippen molar-refractivity contribution in [1.82, 2.24) is 0 Å². The van der Waals surface area contributed by atoms with E-state index in [0.717, 1.165) is 11.1 Å². The van der Waals surface area contributed by atoms with Crippen LogP contribution in [0.25, 0.3) is 10.4 Å². The van der Waals surface area contributed by atoms with Crippen LogP contribution in [0, 0.1) is 0 Å². The Morgan fingerprint density at radius 2 is 1.88 bits per heavy atom. The second-order valence-electron chi connectivity index (χ2n) is 7.79. The lowest BCUT2D eigenvalue weighted by Gasteiger charge is -2.48. The van der Waals surface area contributed by atoms with Crippen LogP contribution in [0.1, 0.15) is 24.3 Å². The summed E-state index contributed by atoms with van der Waals surface area (Å²) >= 11 is 0. The van der Waals surface area contributed by atoms with E-state index in [1.807, 2.05) is 60.7 Å². The number of carboxylic acid groups (broad SMARTS) is 1. The van der Waals surface area contributed by atoms with Gasteiger partial charge in [-0.3, -0.25) is 0 Å². The van der Waals surface area contributed by atoms with Crippen LogP contribution >= 0.6 is 0 Å². The maximum atomic E-state index is 11.5. The Hall–Kier alpha value is -2.98. The zero-order valence-electron chi connectivity index (χ0n) is 18.0. The molecule has 2 aliphatic heterocycles. The molecule has 0 amide bonds. The van der Waals surface area contributed by atoms with Gasteiger partial charge in [0, 0.05) is 10.5 Å². The molecule has 2 fully saturated rings. The van der Waals surface area contributed by atoms with Gasteiger partial charge in [-0.15, -0.1) is 0 Å². The predicted molar refractivity (Wildman–Crippen MR) is 115 cm³/mol. The lowest BCUT2D eigenvalue weighted by molar-refractivity contribution is -0.349. The molecular formula is C23H25N3O7. The summed E-state index contributed by atoms with van der Waals surface area (Å²) in [6, 6.07) is 17.8. The number of carboxylic acids is 1. The second kappa shape index (κ2) is 10.8. The van der Waals surface area contributed by atoms with Crippen LogP contribution in [-0.4, -0.2) is 54.4 Å². The molecule has 10 heteroatoms. The van der Waals surface area contributed by atoms with E-state index in [4.69, 9.17) is 23.7 Å². The van der Waals surface area contributed by atoms with Crippen LogP contribution < -0.4 is 0 Å². The van der Waals surface area contributed by atoms with Crippen molar-refractivity contribution in [3.63, 3.8) is 0 Å². The Morgan fingerprint density at radius 3 is 2.55 bits per heavy atom. The van der Waals surface area contributed by atoms with Crippen molar-refractivity contribution in [2.24, 2.45) is 5.11 Å². The van der Waals surface area contributed by atoms with Gasteiger partial charge in [-0.1, -0.05) is 65.8 Å². The first kappa shape index (κ1) is 23.2. The number of carbonyl (C=O) groups is 1. The van der Waals surface area contributed by atoms with Gasteiger partial charge in [0.05, 0.1) is 13.2 Å². The molecule has 174 valence electrons. The van der Waals surface area contributed by atoms with Gasteiger partial charge in [-0.05, 0) is 18.0 Å². The highest BCUT2D eigenvalue weighted by Crippen LogP contribution is 2.37. The molecule has 4 rings (SSSR count). The topological polar surface area (TPSA) is 132 Å². The summed E-state index contributed by atoms with van der Waals surface area (Å²) in [4.78, 5) is 14.5. The third kappa shape index (κ3) is 5.51. The molecule has 2 heterocycles. The normalized spacial score (nSPS) is 30.0. The molecule has 2 saturated heterocycles. The van der Waals surface area contributed by atoms with Crippen LogP contribution in [0.3, 0.4) is 0 Å². The molecule has 2 aliphatic rings. The Labute approximate surface area is 190 Å². The van der Waals surface area contributed by atoms with E-state index in [2.05, 4.69) is 10.0 Å². The van der Waals surface area contributed by atoms with Gasteiger partial charge in [-0.2, -0.15) is 0 Å². The fourth-order valence-electron chi connectivity index (χ4n) is 3.86. The minimum absolute atomic E-state index is 0.166. The van der Waals surface area contributed by atoms with Crippen LogP contribution in [-0.2, 0) is 35.1 Å². The zero-order chi connectivity index (χ0) is 23.2. The first-order valence-electron chi connectivity index (χ1n) is 10.6. The first-order chi connectivity index (χ1) is 16.1. The average Bonchev–Trinajstić information content (AvgIpc) is 2.85. The van der Waals surface area contributed by atoms with Crippen molar-refractivity contribution in [2.45, 2.75) is 56.6 Å². The van der Waals surface area contributed by atoms with Crippen molar-refractivity contribution in [3.05, 3.63) is 82.2 Å². The van der Waals surface area contributed by atoms with Gasteiger partial charge >= 0.3 is 5.97 Å². The summed E-state index contributed by atoms with van der Waals surface area (Å²) in [6.07, 6.45) is -5.12. The molecule has 0 spiro atoms. The van der Waals surface area contributed by atoms with E-state index in [9.17, 15) is 15.4 Å². The summed E-state index contributed by atoms with van der Waals surface area (Å²) in [7, 11) is 0. The minimum atomic E-state index is -1.17. The van der Waals surface area contributed by atoms with Gasteiger partial charge < -0.3 is 28.8 Å². The molecule has 7 atom stereocenters. The molecule has 2 aromatic rings. The number of rotatable bonds is 8. The smallest absolute Gasteiger partial charge is 0.332 e. The quantitative estimate of drug-likeness (QED) is 0.365. The van der Waals surface area contributed by atoms with Crippen LogP contribution in [0.4, 0.5) is 0 Å². The molecule has 0 saturated carbocycles. The number of ether oxygens (including phenoxy) is 5. The molecule has 2 aromatic carbocycles. The van der Waals surface area contributed by atoms with Gasteiger partial charge in [0.2, 0.25) is 0 Å². The average molecular weight is 455 g/mol. The van der Waals surface area contributed by atoms with Gasteiger partial charge in [0.1, 0.15) is 24.4 Å². The molecule has 0 aliphatic carbocycles. The Balaban J connectivity index is 1.59. The van der Waals surface area contributed by atoms with Crippen molar-refractivity contribution >= 4 is 5.97 Å². The molecular weight excluding hydrogens is 430 g/mol. The first-order valence-corrected chi connectivity index (χ1v) is 10.6. The molecule has 10 nitrogen and oxygen atoms in total. The van der Waals surface area contributed by atoms with Gasteiger partial charge in [-0.25, -0.2) is 4.79 Å². The predicted octanol–water partition coefficient (Wildman–Crippen LogP) is 3.58. The molecule has 1 unspecified atom stereocenters. The number of hydrogen-bond donors (Lipinski definition) is 1. The SMILES string of the molecule is CC(O[C@@H]1[C@@H](N=[N+]=[N-])[C@@H](OCc2ccccc2)O[C@@H]2CO[C@@H](c3ccccc3)O[C@@H]12)C(=O)O. The summed E-state index contributed by atoms with van der Waals surface area (Å²) in [5.41, 5.74) is 10.9. The largest absolute Gasteiger partial charge is 0.479 e. The van der Waals surface area contributed by atoms with E-state index < -0.39 is 49.0 Å². The van der Waals surface area contributed by atoms with E-state index in [0.29, 0.717) is 0 Å². The van der Waals surface area contributed by atoms with E-state index in [1.165, 1.54) is 6.92 Å². The maximum Gasteiger partial charge on any atom is 0.332 e. The summed E-state index contributed by atoms with van der Waals surface area (Å²) in [6.45, 7) is 1.78. The number of azide groups is 1. The lowest BCUT2D eigenvalue weighted by atomic mass is 9.95. The number of fused-ring (bicyclic) bond motifs is 1. The van der Waals surface area contributed by atoms with Crippen molar-refractivity contribution in [3.8, 4) is 0 Å². The van der Waals surface area contributed by atoms with E-state index in [-0.39, 0.29) is 13.2 Å². The van der Waals surface area contributed by atoms with Crippen molar-refractivity contribution in [2.75, 3.05) is 6.61 Å². The fourth-order valence-corrected chi connectivity index (χ4v) is 3.86. The molecule has 1 N–H and O–H groups in total. The number of hydrogen-bond acceptors (Lipinski definition) is 7. The summed E-state index contributed by atoms with van der Waals surface area (Å²) in [5, 5.41) is 13.3. The molecule has 0 aromatic heterocycles. The van der Waals surface area contributed by atoms with Crippen molar-refractivity contribution in [1.29, 1.82) is 0 Å².